The van der Waals surface area contributed by atoms with Gasteiger partial charge in [-0.15, -0.1) is 11.8 Å². The Balaban J connectivity index is 1.15. The molecule has 4 heterocycles. The molecule has 0 spiro atoms. The summed E-state index contributed by atoms with van der Waals surface area (Å²) >= 11 is 9.24. The number of thioether (sulfide) groups is 1. The van der Waals surface area contributed by atoms with E-state index in [1.165, 1.54) is 29.2 Å². The summed E-state index contributed by atoms with van der Waals surface area (Å²) in [5, 5.41) is 12.3. The Bertz CT molecular complexity index is 1840. The number of non-ortho nitro benzene ring substituents is 1. The number of nitro groups is 1. The SMILES string of the molecule is O=C(COc1ccc(Cl)cc1[C@H]1c2sc(=O)[nH]c2SC2C3CC(C4C(=O)N(c5ccc([N+](=O)[O-])cc5)C(=O)C34)C21)N1CCOCC1. The maximum absolute atomic E-state index is 14.0. The number of aromatic nitrogens is 1. The first-order valence-corrected chi connectivity index (χ1v) is 17.1. The van der Waals surface area contributed by atoms with Crippen LogP contribution in [-0.4, -0.2) is 70.7 Å². The molecule has 2 bridgehead atoms. The predicted molar refractivity (Wildman–Crippen MR) is 168 cm³/mol. The number of fused-ring (bicyclic) bond motifs is 9. The lowest BCUT2D eigenvalue weighted by molar-refractivity contribution is -0.384. The number of amides is 3. The van der Waals surface area contributed by atoms with Gasteiger partial charge < -0.3 is 19.4 Å². The molecule has 3 aliphatic heterocycles. The number of thiazole rings is 1. The number of aromatic amines is 1. The highest BCUT2D eigenvalue weighted by Gasteiger charge is 2.70. The van der Waals surface area contributed by atoms with E-state index in [0.717, 1.165) is 26.8 Å². The van der Waals surface area contributed by atoms with Gasteiger partial charge in [-0.2, -0.15) is 0 Å². The van der Waals surface area contributed by atoms with E-state index in [2.05, 4.69) is 4.98 Å². The van der Waals surface area contributed by atoms with Crippen molar-refractivity contribution in [2.75, 3.05) is 37.8 Å². The Hall–Kier alpha value is -3.72. The van der Waals surface area contributed by atoms with E-state index in [-0.39, 0.29) is 63.8 Å². The molecule has 15 heteroatoms. The van der Waals surface area contributed by atoms with Crippen LogP contribution in [-0.2, 0) is 19.1 Å². The first kappa shape index (κ1) is 29.7. The number of nitrogens with one attached hydrogen (secondary N) is 1. The van der Waals surface area contributed by atoms with Crippen molar-refractivity contribution in [3.05, 3.63) is 77.7 Å². The number of morpholine rings is 1. The van der Waals surface area contributed by atoms with E-state index in [9.17, 15) is 29.3 Å². The van der Waals surface area contributed by atoms with Crippen molar-refractivity contribution >= 4 is 63.8 Å². The Morgan fingerprint density at radius 3 is 2.50 bits per heavy atom. The fourth-order valence-electron chi connectivity index (χ4n) is 8.28. The second-order valence-electron chi connectivity index (χ2n) is 12.2. The molecule has 12 nitrogen and oxygen atoms in total. The molecule has 2 saturated heterocycles. The van der Waals surface area contributed by atoms with Gasteiger partial charge in [0.1, 0.15) is 5.75 Å². The average Bonchev–Trinajstić information content (AvgIpc) is 3.79. The van der Waals surface area contributed by atoms with Crippen LogP contribution in [0, 0.1) is 39.7 Å². The van der Waals surface area contributed by atoms with E-state index in [0.29, 0.717) is 49.2 Å². The van der Waals surface area contributed by atoms with Crippen LogP contribution in [0.5, 0.6) is 5.75 Å². The fourth-order valence-corrected chi connectivity index (χ4v) is 11.3. The molecule has 46 heavy (non-hydrogen) atoms. The zero-order valence-corrected chi connectivity index (χ0v) is 26.5. The van der Waals surface area contributed by atoms with Crippen molar-refractivity contribution in [1.82, 2.24) is 9.88 Å². The highest BCUT2D eigenvalue weighted by atomic mass is 35.5. The highest BCUT2D eigenvalue weighted by Crippen LogP contribution is 2.69. The van der Waals surface area contributed by atoms with E-state index >= 15 is 0 Å². The average molecular weight is 683 g/mol. The third kappa shape index (κ3) is 4.60. The summed E-state index contributed by atoms with van der Waals surface area (Å²) in [5.41, 5.74) is 0.933. The topological polar surface area (TPSA) is 152 Å². The van der Waals surface area contributed by atoms with Gasteiger partial charge >= 0.3 is 4.87 Å². The van der Waals surface area contributed by atoms with Crippen molar-refractivity contribution in [2.45, 2.75) is 22.6 Å². The minimum atomic E-state index is -0.555. The molecular weight excluding hydrogens is 656 g/mol. The van der Waals surface area contributed by atoms with E-state index in [1.807, 2.05) is 6.07 Å². The zero-order valence-electron chi connectivity index (χ0n) is 24.1. The third-order valence-electron chi connectivity index (χ3n) is 10.1. The van der Waals surface area contributed by atoms with Gasteiger partial charge in [0.25, 0.3) is 11.6 Å². The number of H-pyrrole nitrogens is 1. The van der Waals surface area contributed by atoms with Crippen molar-refractivity contribution in [3.8, 4) is 5.75 Å². The Kier molecular flexibility index (Phi) is 7.23. The van der Waals surface area contributed by atoms with Crippen LogP contribution in [0.3, 0.4) is 0 Å². The molecule has 4 fully saturated rings. The molecule has 238 valence electrons. The molecule has 5 aliphatic rings. The molecular formula is C31H27ClN4O8S2. The lowest BCUT2D eigenvalue weighted by Crippen LogP contribution is -2.43. The third-order valence-corrected chi connectivity index (χ3v) is 12.9. The summed E-state index contributed by atoms with van der Waals surface area (Å²) in [7, 11) is 0. The quantitative estimate of drug-likeness (QED) is 0.232. The number of hydrogen-bond acceptors (Lipinski definition) is 10. The number of rotatable bonds is 6. The van der Waals surface area contributed by atoms with Crippen LogP contribution in [0.1, 0.15) is 22.8 Å². The summed E-state index contributed by atoms with van der Waals surface area (Å²) in [5.74, 6) is -2.08. The Morgan fingerprint density at radius 1 is 1.07 bits per heavy atom. The summed E-state index contributed by atoms with van der Waals surface area (Å²) in [4.78, 5) is 70.8. The van der Waals surface area contributed by atoms with Crippen LogP contribution < -0.4 is 14.5 Å². The molecule has 6 unspecified atom stereocenters. The first-order chi connectivity index (χ1) is 22.2. The second-order valence-corrected chi connectivity index (χ2v) is 14.8. The number of carbonyl (C=O) groups excluding carboxylic acids is 3. The van der Waals surface area contributed by atoms with Gasteiger partial charge in [-0.25, -0.2) is 0 Å². The van der Waals surface area contributed by atoms with Crippen molar-refractivity contribution in [3.63, 3.8) is 0 Å². The molecule has 1 N–H and O–H groups in total. The molecule has 1 aromatic heterocycles. The molecule has 2 aromatic carbocycles. The number of anilines is 1. The number of halogens is 1. The molecule has 7 atom stereocenters. The summed E-state index contributed by atoms with van der Waals surface area (Å²) in [6, 6.07) is 10.7. The van der Waals surface area contributed by atoms with E-state index in [1.54, 1.807) is 28.8 Å². The summed E-state index contributed by atoms with van der Waals surface area (Å²) in [6.07, 6.45) is 0.686. The molecule has 0 radical (unpaired) electrons. The number of nitrogens with zero attached hydrogens (tertiary/aromatic N) is 3. The molecule has 3 aromatic rings. The predicted octanol–water partition coefficient (Wildman–Crippen LogP) is 3.91. The van der Waals surface area contributed by atoms with Crippen LogP contribution in [0.4, 0.5) is 11.4 Å². The minimum absolute atomic E-state index is 0.0654. The Morgan fingerprint density at radius 2 is 1.78 bits per heavy atom. The molecule has 3 amide bonds. The smallest absolute Gasteiger partial charge is 0.305 e. The van der Waals surface area contributed by atoms with E-state index in [4.69, 9.17) is 21.1 Å². The van der Waals surface area contributed by atoms with Crippen LogP contribution in [0.2, 0.25) is 5.02 Å². The summed E-state index contributed by atoms with van der Waals surface area (Å²) in [6.45, 7) is 1.77. The fraction of sp³-hybridized carbons (Fsp3) is 0.419. The van der Waals surface area contributed by atoms with Crippen molar-refractivity contribution < 1.29 is 28.8 Å². The van der Waals surface area contributed by atoms with Crippen molar-refractivity contribution in [1.29, 1.82) is 0 Å². The second kappa shape index (κ2) is 11.2. The monoisotopic (exact) mass is 682 g/mol. The van der Waals surface area contributed by atoms with Crippen LogP contribution in [0.15, 0.2) is 52.3 Å². The molecule has 2 saturated carbocycles. The van der Waals surface area contributed by atoms with Gasteiger partial charge in [-0.05, 0) is 54.5 Å². The largest absolute Gasteiger partial charge is 0.483 e. The van der Waals surface area contributed by atoms with Gasteiger partial charge in [0.05, 0.1) is 40.7 Å². The Labute approximate surface area is 275 Å². The van der Waals surface area contributed by atoms with Crippen molar-refractivity contribution in [2.24, 2.45) is 29.6 Å². The highest BCUT2D eigenvalue weighted by molar-refractivity contribution is 8.00. The van der Waals surface area contributed by atoms with Gasteiger partial charge in [-0.3, -0.25) is 34.2 Å². The molecule has 2 aliphatic carbocycles. The van der Waals surface area contributed by atoms with Crippen LogP contribution in [0.25, 0.3) is 0 Å². The lowest BCUT2D eigenvalue weighted by Gasteiger charge is -2.43. The van der Waals surface area contributed by atoms with Gasteiger partial charge in [-0.1, -0.05) is 22.9 Å². The first-order valence-electron chi connectivity index (χ1n) is 15.0. The minimum Gasteiger partial charge on any atom is -0.483 e. The maximum atomic E-state index is 14.0. The standard InChI is InChI=1S/C31H27ClN4O8S2/c32-14-1-6-20(44-13-21(37)34-7-9-43-10-8-34)17(11-14)22-23-18-12-19(26(23)45-28-27(22)46-31(40)33-28)25-24(18)29(38)35(30(25)39)15-2-4-16(5-3-15)36(41)42/h1-6,11,18-19,22-26H,7-10,12-13H2,(H,33,40)/t18?,19?,22-,23?,24?,25?,26?/m1/s1. The van der Waals surface area contributed by atoms with E-state index < -0.39 is 16.8 Å². The van der Waals surface area contributed by atoms with Crippen LogP contribution >= 0.6 is 34.7 Å². The van der Waals surface area contributed by atoms with Gasteiger partial charge in [0.2, 0.25) is 11.8 Å². The number of imide groups is 1. The summed E-state index contributed by atoms with van der Waals surface area (Å²) < 4.78 is 11.5. The zero-order chi connectivity index (χ0) is 31.9. The number of hydrogen-bond donors (Lipinski definition) is 1. The number of ether oxygens (including phenoxy) is 2. The number of carbonyl (C=O) groups is 3. The normalized spacial score (nSPS) is 29.5. The number of nitro benzene ring substituents is 1. The number of benzene rings is 2. The maximum Gasteiger partial charge on any atom is 0.305 e. The van der Waals surface area contributed by atoms with Gasteiger partial charge in [0.15, 0.2) is 6.61 Å². The lowest BCUT2D eigenvalue weighted by atomic mass is 9.68. The van der Waals surface area contributed by atoms with Gasteiger partial charge in [0, 0.05) is 51.9 Å². The molecule has 8 rings (SSSR count).